The van der Waals surface area contributed by atoms with Crippen molar-refractivity contribution in [2.24, 2.45) is 0 Å². The van der Waals surface area contributed by atoms with Gasteiger partial charge >= 0.3 is 0 Å². The summed E-state index contributed by atoms with van der Waals surface area (Å²) in [7, 11) is 0. The van der Waals surface area contributed by atoms with Gasteiger partial charge in [-0.05, 0) is 24.6 Å². The lowest BCUT2D eigenvalue weighted by Crippen LogP contribution is -2.41. The van der Waals surface area contributed by atoms with E-state index in [0.29, 0.717) is 17.5 Å². The van der Waals surface area contributed by atoms with E-state index in [2.05, 4.69) is 10.3 Å². The summed E-state index contributed by atoms with van der Waals surface area (Å²) >= 11 is 0. The Morgan fingerprint density at radius 3 is 2.81 bits per heavy atom. The molecule has 4 rings (SSSR count). The first-order chi connectivity index (χ1) is 10.2. The average Bonchev–Trinajstić information content (AvgIpc) is 3.10. The highest BCUT2D eigenvalue weighted by Gasteiger charge is 2.41. The molecule has 0 radical (unpaired) electrons. The van der Waals surface area contributed by atoms with Crippen LogP contribution in [-0.4, -0.2) is 29.1 Å². The monoisotopic (exact) mass is 283 g/mol. The standard InChI is InChI=1S/C16H17N3O2/c17-15-11-4-2-1-3-10(11)12(8-18-15)16(20)19-13-7-9-5-6-14(13)21-9/h1-4,8-9,13-14H,5-7H2,(H2,17,18)(H,19,20). The van der Waals surface area contributed by atoms with Gasteiger partial charge in [-0.2, -0.15) is 0 Å². The van der Waals surface area contributed by atoms with Crippen LogP contribution in [0.2, 0.25) is 0 Å². The molecule has 1 aromatic heterocycles. The number of nitrogen functional groups attached to an aromatic ring is 1. The first-order valence-electron chi connectivity index (χ1n) is 7.32. The maximum absolute atomic E-state index is 12.6. The molecule has 1 amide bonds. The van der Waals surface area contributed by atoms with Crippen LogP contribution < -0.4 is 11.1 Å². The quantitative estimate of drug-likeness (QED) is 0.882. The second-order valence-corrected chi connectivity index (χ2v) is 5.79. The van der Waals surface area contributed by atoms with E-state index < -0.39 is 0 Å². The third-order valence-corrected chi connectivity index (χ3v) is 4.49. The van der Waals surface area contributed by atoms with Gasteiger partial charge in [-0.25, -0.2) is 4.98 Å². The van der Waals surface area contributed by atoms with E-state index in [1.54, 1.807) is 6.20 Å². The van der Waals surface area contributed by atoms with E-state index >= 15 is 0 Å². The summed E-state index contributed by atoms with van der Waals surface area (Å²) in [5.74, 6) is 0.352. The maximum Gasteiger partial charge on any atom is 0.253 e. The Bertz CT molecular complexity index is 716. The van der Waals surface area contributed by atoms with Crippen LogP contribution in [0.25, 0.3) is 10.8 Å². The minimum absolute atomic E-state index is 0.0974. The zero-order valence-electron chi connectivity index (χ0n) is 11.6. The van der Waals surface area contributed by atoms with Gasteiger partial charge in [-0.1, -0.05) is 24.3 Å². The Balaban J connectivity index is 1.64. The summed E-state index contributed by atoms with van der Waals surface area (Å²) in [4.78, 5) is 16.7. The highest BCUT2D eigenvalue weighted by Crippen LogP contribution is 2.34. The molecule has 0 spiro atoms. The van der Waals surface area contributed by atoms with Crippen molar-refractivity contribution in [1.82, 2.24) is 10.3 Å². The van der Waals surface area contributed by atoms with Gasteiger partial charge in [0.05, 0.1) is 23.8 Å². The predicted octanol–water partition coefficient (Wildman–Crippen LogP) is 1.87. The number of nitrogens with one attached hydrogen (secondary N) is 1. The average molecular weight is 283 g/mol. The highest BCUT2D eigenvalue weighted by atomic mass is 16.5. The molecule has 2 aromatic rings. The van der Waals surface area contributed by atoms with Gasteiger partial charge in [-0.3, -0.25) is 4.79 Å². The van der Waals surface area contributed by atoms with Gasteiger partial charge in [0.25, 0.3) is 5.91 Å². The Labute approximate surface area is 122 Å². The van der Waals surface area contributed by atoms with Crippen molar-refractivity contribution in [3.63, 3.8) is 0 Å². The van der Waals surface area contributed by atoms with Crippen molar-refractivity contribution in [1.29, 1.82) is 0 Å². The van der Waals surface area contributed by atoms with Crippen LogP contribution in [0.15, 0.2) is 30.5 Å². The minimum atomic E-state index is -0.0974. The zero-order chi connectivity index (χ0) is 14.4. The van der Waals surface area contributed by atoms with Gasteiger partial charge < -0.3 is 15.8 Å². The van der Waals surface area contributed by atoms with Crippen LogP contribution in [0.5, 0.6) is 0 Å². The van der Waals surface area contributed by atoms with Crippen LogP contribution in [0.3, 0.4) is 0 Å². The summed E-state index contributed by atoms with van der Waals surface area (Å²) in [6.45, 7) is 0. The Morgan fingerprint density at radius 2 is 2.10 bits per heavy atom. The number of hydrogen-bond donors (Lipinski definition) is 2. The fraction of sp³-hybridized carbons (Fsp3) is 0.375. The molecular formula is C16H17N3O2. The molecule has 2 bridgehead atoms. The number of anilines is 1. The Hall–Kier alpha value is -2.14. The number of carbonyl (C=O) groups is 1. The second kappa shape index (κ2) is 4.70. The van der Waals surface area contributed by atoms with Crippen LogP contribution >= 0.6 is 0 Å². The van der Waals surface area contributed by atoms with Crippen LogP contribution in [0.4, 0.5) is 5.82 Å². The molecule has 0 aliphatic carbocycles. The van der Waals surface area contributed by atoms with Gasteiger partial charge in [-0.15, -0.1) is 0 Å². The number of nitrogens with two attached hydrogens (primary N) is 1. The van der Waals surface area contributed by atoms with E-state index in [-0.39, 0.29) is 18.1 Å². The molecule has 2 saturated heterocycles. The highest BCUT2D eigenvalue weighted by molar-refractivity contribution is 6.09. The van der Waals surface area contributed by atoms with Crippen LogP contribution in [0, 0.1) is 0 Å². The van der Waals surface area contributed by atoms with Gasteiger partial charge in [0.1, 0.15) is 5.82 Å². The van der Waals surface area contributed by atoms with Crippen molar-refractivity contribution in [2.45, 2.75) is 37.5 Å². The number of fused-ring (bicyclic) bond motifs is 3. The van der Waals surface area contributed by atoms with E-state index in [4.69, 9.17) is 10.5 Å². The van der Waals surface area contributed by atoms with Gasteiger partial charge in [0, 0.05) is 11.6 Å². The Morgan fingerprint density at radius 1 is 1.29 bits per heavy atom. The predicted molar refractivity (Wildman–Crippen MR) is 79.9 cm³/mol. The molecule has 3 heterocycles. The Kier molecular flexibility index (Phi) is 2.82. The summed E-state index contributed by atoms with van der Waals surface area (Å²) in [5, 5.41) is 4.75. The number of aromatic nitrogens is 1. The summed E-state index contributed by atoms with van der Waals surface area (Å²) in [6.07, 6.45) is 5.12. The molecule has 1 aromatic carbocycles. The zero-order valence-corrected chi connectivity index (χ0v) is 11.6. The molecule has 3 atom stereocenters. The van der Waals surface area contributed by atoms with Crippen molar-refractivity contribution in [2.75, 3.05) is 5.73 Å². The molecular weight excluding hydrogens is 266 g/mol. The third kappa shape index (κ3) is 2.05. The first kappa shape index (κ1) is 12.6. The number of pyridine rings is 1. The molecule has 3 unspecified atom stereocenters. The third-order valence-electron chi connectivity index (χ3n) is 4.49. The number of carbonyl (C=O) groups excluding carboxylic acids is 1. The van der Waals surface area contributed by atoms with Crippen molar-refractivity contribution >= 4 is 22.5 Å². The normalized spacial score (nSPS) is 27.1. The topological polar surface area (TPSA) is 77.2 Å². The molecule has 0 saturated carbocycles. The SMILES string of the molecule is Nc1ncc(C(=O)NC2CC3CCC2O3)c2ccccc12. The molecule has 2 aliphatic rings. The van der Waals surface area contributed by atoms with E-state index in [1.165, 1.54) is 0 Å². The number of rotatable bonds is 2. The number of benzene rings is 1. The smallest absolute Gasteiger partial charge is 0.253 e. The summed E-state index contributed by atoms with van der Waals surface area (Å²) in [5.41, 5.74) is 6.45. The van der Waals surface area contributed by atoms with Gasteiger partial charge in [0.2, 0.25) is 0 Å². The fourth-order valence-electron chi connectivity index (χ4n) is 3.43. The van der Waals surface area contributed by atoms with Crippen molar-refractivity contribution < 1.29 is 9.53 Å². The minimum Gasteiger partial charge on any atom is -0.383 e. The summed E-state index contributed by atoms with van der Waals surface area (Å²) in [6, 6.07) is 7.70. The van der Waals surface area contributed by atoms with E-state index in [9.17, 15) is 4.79 Å². The van der Waals surface area contributed by atoms with Crippen LogP contribution in [-0.2, 0) is 4.74 Å². The molecule has 2 aliphatic heterocycles. The van der Waals surface area contributed by atoms with Crippen molar-refractivity contribution in [3.8, 4) is 0 Å². The summed E-state index contributed by atoms with van der Waals surface area (Å²) < 4.78 is 5.78. The lowest BCUT2D eigenvalue weighted by molar-refractivity contribution is 0.0842. The fourth-order valence-corrected chi connectivity index (χ4v) is 3.43. The largest absolute Gasteiger partial charge is 0.383 e. The number of ether oxygens (including phenoxy) is 1. The maximum atomic E-state index is 12.6. The molecule has 2 fully saturated rings. The number of nitrogens with zero attached hydrogens (tertiary/aromatic N) is 1. The van der Waals surface area contributed by atoms with E-state index in [0.717, 1.165) is 30.0 Å². The molecule has 3 N–H and O–H groups in total. The van der Waals surface area contributed by atoms with Crippen molar-refractivity contribution in [3.05, 3.63) is 36.0 Å². The second-order valence-electron chi connectivity index (χ2n) is 5.79. The molecule has 5 heteroatoms. The van der Waals surface area contributed by atoms with Crippen LogP contribution in [0.1, 0.15) is 29.6 Å². The first-order valence-corrected chi connectivity index (χ1v) is 7.32. The lowest BCUT2D eigenvalue weighted by Gasteiger charge is -2.20. The molecule has 108 valence electrons. The molecule has 5 nitrogen and oxygen atoms in total. The lowest BCUT2D eigenvalue weighted by atomic mass is 9.95. The number of hydrogen-bond acceptors (Lipinski definition) is 4. The van der Waals surface area contributed by atoms with E-state index in [1.807, 2.05) is 24.3 Å². The number of amides is 1. The van der Waals surface area contributed by atoms with Gasteiger partial charge in [0.15, 0.2) is 0 Å². The molecule has 21 heavy (non-hydrogen) atoms.